The highest BCUT2D eigenvalue weighted by molar-refractivity contribution is 7.17. The Morgan fingerprint density at radius 2 is 2.12 bits per heavy atom. The summed E-state index contributed by atoms with van der Waals surface area (Å²) in [7, 11) is 1.81. The van der Waals surface area contributed by atoms with Crippen molar-refractivity contribution in [3.63, 3.8) is 0 Å². The van der Waals surface area contributed by atoms with Crippen LogP contribution in [0.25, 0.3) is 10.6 Å². The van der Waals surface area contributed by atoms with Gasteiger partial charge in [0.2, 0.25) is 0 Å². The van der Waals surface area contributed by atoms with E-state index in [0.717, 1.165) is 16.3 Å². The minimum atomic E-state index is -0.168. The molecule has 0 unspecified atom stereocenters. The van der Waals surface area contributed by atoms with Gasteiger partial charge >= 0.3 is 0 Å². The Hall–Kier alpha value is -2.64. The standard InChI is InChI=1S/C17H17N5OS/c1-12-15(24-17(20-12)13-6-5-8-18-10-13)16(23)21-22(2)11-14-7-3-4-9-19-14/h3-10H,11H2,1-2H3,(H,21,23). The summed E-state index contributed by atoms with van der Waals surface area (Å²) in [4.78, 5) is 25.9. The second kappa shape index (κ2) is 7.29. The first-order chi connectivity index (χ1) is 11.6. The molecule has 7 heteroatoms. The summed E-state index contributed by atoms with van der Waals surface area (Å²) in [5, 5.41) is 2.51. The maximum atomic E-state index is 12.5. The van der Waals surface area contributed by atoms with Crippen LogP contribution in [0.2, 0.25) is 0 Å². The first-order valence-corrected chi connectivity index (χ1v) is 8.25. The number of nitrogens with one attached hydrogen (secondary N) is 1. The highest BCUT2D eigenvalue weighted by atomic mass is 32.1. The lowest BCUT2D eigenvalue weighted by Gasteiger charge is -2.17. The molecule has 3 aromatic rings. The summed E-state index contributed by atoms with van der Waals surface area (Å²) < 4.78 is 0. The fraction of sp³-hybridized carbons (Fsp3) is 0.176. The van der Waals surface area contributed by atoms with Gasteiger partial charge in [-0.2, -0.15) is 0 Å². The van der Waals surface area contributed by atoms with Crippen LogP contribution in [0.5, 0.6) is 0 Å². The third-order valence-corrected chi connectivity index (χ3v) is 4.53. The summed E-state index contributed by atoms with van der Waals surface area (Å²) >= 11 is 1.36. The normalized spacial score (nSPS) is 10.8. The number of thiazole rings is 1. The van der Waals surface area contributed by atoms with Crippen molar-refractivity contribution in [2.45, 2.75) is 13.5 Å². The number of carbonyl (C=O) groups is 1. The van der Waals surface area contributed by atoms with Gasteiger partial charge in [0.25, 0.3) is 5.91 Å². The van der Waals surface area contributed by atoms with Gasteiger partial charge in [-0.15, -0.1) is 11.3 Å². The van der Waals surface area contributed by atoms with Gasteiger partial charge in [-0.25, -0.2) is 9.99 Å². The third kappa shape index (κ3) is 3.81. The number of aryl methyl sites for hydroxylation is 1. The second-order valence-corrected chi connectivity index (χ2v) is 6.29. The molecule has 0 fully saturated rings. The minimum Gasteiger partial charge on any atom is -0.284 e. The first-order valence-electron chi connectivity index (χ1n) is 7.43. The molecule has 0 saturated carbocycles. The van der Waals surface area contributed by atoms with Crippen molar-refractivity contribution in [1.29, 1.82) is 0 Å². The van der Waals surface area contributed by atoms with Gasteiger partial charge in [-0.05, 0) is 31.2 Å². The van der Waals surface area contributed by atoms with Crippen LogP contribution < -0.4 is 5.43 Å². The Kier molecular flexibility index (Phi) is 4.93. The van der Waals surface area contributed by atoms with Crippen LogP contribution in [0.4, 0.5) is 0 Å². The maximum absolute atomic E-state index is 12.5. The Morgan fingerprint density at radius 1 is 1.25 bits per heavy atom. The molecule has 0 aliphatic heterocycles. The lowest BCUT2D eigenvalue weighted by atomic mass is 10.3. The molecule has 0 aliphatic carbocycles. The lowest BCUT2D eigenvalue weighted by molar-refractivity contribution is 0.0822. The molecule has 0 bridgehead atoms. The van der Waals surface area contributed by atoms with Gasteiger partial charge in [0.1, 0.15) is 9.88 Å². The number of hydrazine groups is 1. The monoisotopic (exact) mass is 339 g/mol. The van der Waals surface area contributed by atoms with Crippen molar-refractivity contribution in [2.24, 2.45) is 0 Å². The zero-order valence-corrected chi connectivity index (χ0v) is 14.2. The van der Waals surface area contributed by atoms with Gasteiger partial charge in [0.05, 0.1) is 17.9 Å². The van der Waals surface area contributed by atoms with Crippen LogP contribution in [0, 0.1) is 6.92 Å². The highest BCUT2D eigenvalue weighted by Gasteiger charge is 2.17. The molecular formula is C17H17N5OS. The summed E-state index contributed by atoms with van der Waals surface area (Å²) in [5.41, 5.74) is 5.37. The number of pyridine rings is 2. The van der Waals surface area contributed by atoms with Crippen LogP contribution in [-0.2, 0) is 6.54 Å². The van der Waals surface area contributed by atoms with E-state index in [-0.39, 0.29) is 5.91 Å². The topological polar surface area (TPSA) is 71.0 Å². The molecule has 0 saturated heterocycles. The molecule has 3 heterocycles. The SMILES string of the molecule is Cc1nc(-c2cccnc2)sc1C(=O)NN(C)Cc1ccccn1. The second-order valence-electron chi connectivity index (χ2n) is 5.29. The Morgan fingerprint density at radius 3 is 2.83 bits per heavy atom. The number of nitrogens with zero attached hydrogens (tertiary/aromatic N) is 4. The van der Waals surface area contributed by atoms with E-state index in [9.17, 15) is 4.79 Å². The largest absolute Gasteiger partial charge is 0.284 e. The number of carbonyl (C=O) groups excluding carboxylic acids is 1. The van der Waals surface area contributed by atoms with E-state index in [1.54, 1.807) is 23.6 Å². The number of hydrogen-bond acceptors (Lipinski definition) is 6. The Bertz CT molecular complexity index is 820. The van der Waals surface area contributed by atoms with Crippen molar-refractivity contribution < 1.29 is 4.79 Å². The van der Waals surface area contributed by atoms with Crippen molar-refractivity contribution in [3.05, 3.63) is 65.2 Å². The van der Waals surface area contributed by atoms with Crippen molar-refractivity contribution in [2.75, 3.05) is 7.05 Å². The van der Waals surface area contributed by atoms with E-state index < -0.39 is 0 Å². The molecule has 1 amide bonds. The van der Waals surface area contributed by atoms with E-state index in [1.165, 1.54) is 11.3 Å². The Balaban J connectivity index is 1.70. The molecule has 6 nitrogen and oxygen atoms in total. The molecule has 3 rings (SSSR count). The highest BCUT2D eigenvalue weighted by Crippen LogP contribution is 2.27. The summed E-state index contributed by atoms with van der Waals surface area (Å²) in [6.45, 7) is 2.37. The zero-order chi connectivity index (χ0) is 16.9. The number of hydrogen-bond donors (Lipinski definition) is 1. The fourth-order valence-electron chi connectivity index (χ4n) is 2.22. The van der Waals surface area contributed by atoms with Gasteiger partial charge < -0.3 is 0 Å². The van der Waals surface area contributed by atoms with Crippen LogP contribution in [0.3, 0.4) is 0 Å². The average molecular weight is 339 g/mol. The average Bonchev–Trinajstić information content (AvgIpc) is 2.98. The summed E-state index contributed by atoms with van der Waals surface area (Å²) in [6, 6.07) is 9.49. The van der Waals surface area contributed by atoms with E-state index in [1.807, 2.05) is 44.3 Å². The predicted molar refractivity (Wildman–Crippen MR) is 93.3 cm³/mol. The first kappa shape index (κ1) is 16.2. The molecule has 3 aromatic heterocycles. The number of aromatic nitrogens is 3. The van der Waals surface area contributed by atoms with E-state index in [0.29, 0.717) is 17.1 Å². The van der Waals surface area contributed by atoms with E-state index in [4.69, 9.17) is 0 Å². The van der Waals surface area contributed by atoms with Crippen molar-refractivity contribution in [1.82, 2.24) is 25.4 Å². The molecule has 24 heavy (non-hydrogen) atoms. The zero-order valence-electron chi connectivity index (χ0n) is 13.4. The Labute approximate surface area is 144 Å². The number of rotatable bonds is 5. The summed E-state index contributed by atoms with van der Waals surface area (Å²) in [6.07, 6.45) is 5.19. The molecule has 0 aromatic carbocycles. The smallest absolute Gasteiger partial charge is 0.277 e. The maximum Gasteiger partial charge on any atom is 0.277 e. The third-order valence-electron chi connectivity index (χ3n) is 3.33. The van der Waals surface area contributed by atoms with Gasteiger partial charge in [-0.3, -0.25) is 20.2 Å². The predicted octanol–water partition coefficient (Wildman–Crippen LogP) is 2.69. The summed E-state index contributed by atoms with van der Waals surface area (Å²) in [5.74, 6) is -0.168. The molecule has 0 spiro atoms. The quantitative estimate of drug-likeness (QED) is 0.724. The van der Waals surface area contributed by atoms with Gasteiger partial charge in [-0.1, -0.05) is 6.07 Å². The van der Waals surface area contributed by atoms with Crippen LogP contribution in [0.1, 0.15) is 21.1 Å². The van der Waals surface area contributed by atoms with Gasteiger partial charge in [0.15, 0.2) is 0 Å². The molecular weight excluding hydrogens is 322 g/mol. The molecule has 1 N–H and O–H groups in total. The number of amides is 1. The molecule has 122 valence electrons. The van der Waals surface area contributed by atoms with Crippen LogP contribution in [-0.4, -0.2) is 32.9 Å². The molecule has 0 atom stereocenters. The lowest BCUT2D eigenvalue weighted by Crippen LogP contribution is -2.38. The fourth-order valence-corrected chi connectivity index (χ4v) is 3.16. The van der Waals surface area contributed by atoms with E-state index in [2.05, 4.69) is 20.4 Å². The van der Waals surface area contributed by atoms with Crippen LogP contribution >= 0.6 is 11.3 Å². The van der Waals surface area contributed by atoms with E-state index >= 15 is 0 Å². The molecule has 0 aliphatic rings. The van der Waals surface area contributed by atoms with Gasteiger partial charge in [0, 0.05) is 31.2 Å². The van der Waals surface area contributed by atoms with Crippen molar-refractivity contribution in [3.8, 4) is 10.6 Å². The molecule has 0 radical (unpaired) electrons. The minimum absolute atomic E-state index is 0.168. The van der Waals surface area contributed by atoms with Crippen molar-refractivity contribution >= 4 is 17.2 Å². The van der Waals surface area contributed by atoms with Crippen LogP contribution in [0.15, 0.2) is 48.9 Å².